The number of nitrogens with one attached hydrogen (secondary N) is 1. The van der Waals surface area contributed by atoms with Crippen LogP contribution in [0.3, 0.4) is 0 Å². The number of rotatable bonds is 5. The smallest absolute Gasteiger partial charge is 0.262 e. The number of aromatic nitrogens is 2. The summed E-state index contributed by atoms with van der Waals surface area (Å²) in [6.45, 7) is 4.17. The molecule has 0 atom stereocenters. The number of hydrogen-bond donors (Lipinski definition) is 2. The summed E-state index contributed by atoms with van der Waals surface area (Å²) in [6, 6.07) is 4.94. The van der Waals surface area contributed by atoms with E-state index in [9.17, 15) is 8.42 Å². The van der Waals surface area contributed by atoms with Gasteiger partial charge >= 0.3 is 0 Å². The average molecular weight is 308 g/mol. The minimum Gasteiger partial charge on any atom is -0.326 e. The van der Waals surface area contributed by atoms with Gasteiger partial charge in [-0.2, -0.15) is 5.10 Å². The zero-order chi connectivity index (χ0) is 15.6. The second kappa shape index (κ2) is 5.87. The molecule has 0 aliphatic carbocycles. The van der Waals surface area contributed by atoms with Gasteiger partial charge in [-0.3, -0.25) is 9.40 Å². The van der Waals surface area contributed by atoms with Crippen LogP contribution in [0.5, 0.6) is 0 Å². The molecule has 0 unspecified atom stereocenters. The predicted molar refractivity (Wildman–Crippen MR) is 82.5 cm³/mol. The highest BCUT2D eigenvalue weighted by atomic mass is 32.2. The first-order valence-electron chi connectivity index (χ1n) is 6.72. The maximum absolute atomic E-state index is 12.5. The summed E-state index contributed by atoms with van der Waals surface area (Å²) in [5, 5.41) is 4.23. The standard InChI is InChI=1S/C14H20N4O2S/c1-4-13-14(9-18(3)16-13)17-21(19,20)12-6-5-11(8-15)10(2)7-12/h5-7,9,17H,4,8,15H2,1-3H3. The number of aryl methyl sites for hydroxylation is 3. The fourth-order valence-electron chi connectivity index (χ4n) is 2.15. The van der Waals surface area contributed by atoms with Crippen LogP contribution >= 0.6 is 0 Å². The van der Waals surface area contributed by atoms with Gasteiger partial charge in [0.25, 0.3) is 10.0 Å². The molecule has 114 valence electrons. The van der Waals surface area contributed by atoms with E-state index in [1.165, 1.54) is 0 Å². The Morgan fingerprint density at radius 2 is 2.10 bits per heavy atom. The molecule has 7 heteroatoms. The lowest BCUT2D eigenvalue weighted by Crippen LogP contribution is -2.14. The Hall–Kier alpha value is -1.86. The largest absolute Gasteiger partial charge is 0.326 e. The van der Waals surface area contributed by atoms with Gasteiger partial charge < -0.3 is 5.73 Å². The normalized spacial score (nSPS) is 11.6. The van der Waals surface area contributed by atoms with E-state index in [0.717, 1.165) is 16.8 Å². The molecule has 0 radical (unpaired) electrons. The zero-order valence-electron chi connectivity index (χ0n) is 12.4. The first-order valence-corrected chi connectivity index (χ1v) is 8.20. The molecular weight excluding hydrogens is 288 g/mol. The number of benzene rings is 1. The Morgan fingerprint density at radius 1 is 1.38 bits per heavy atom. The highest BCUT2D eigenvalue weighted by Gasteiger charge is 2.18. The van der Waals surface area contributed by atoms with E-state index >= 15 is 0 Å². The third-order valence-corrected chi connectivity index (χ3v) is 4.69. The van der Waals surface area contributed by atoms with Gasteiger partial charge in [-0.05, 0) is 36.6 Å². The van der Waals surface area contributed by atoms with Crippen LogP contribution in [-0.4, -0.2) is 18.2 Å². The minimum absolute atomic E-state index is 0.225. The van der Waals surface area contributed by atoms with Crippen molar-refractivity contribution in [2.45, 2.75) is 31.7 Å². The predicted octanol–water partition coefficient (Wildman–Crippen LogP) is 1.55. The second-order valence-corrected chi connectivity index (χ2v) is 6.60. The summed E-state index contributed by atoms with van der Waals surface area (Å²) in [7, 11) is -1.86. The summed E-state index contributed by atoms with van der Waals surface area (Å²) in [5.74, 6) is 0. The molecule has 3 N–H and O–H groups in total. The highest BCUT2D eigenvalue weighted by Crippen LogP contribution is 2.21. The van der Waals surface area contributed by atoms with Crippen molar-refractivity contribution in [3.8, 4) is 0 Å². The Balaban J connectivity index is 2.36. The van der Waals surface area contributed by atoms with E-state index in [1.807, 2.05) is 13.8 Å². The van der Waals surface area contributed by atoms with E-state index in [0.29, 0.717) is 18.7 Å². The van der Waals surface area contributed by atoms with Crippen LogP contribution in [0.1, 0.15) is 23.7 Å². The maximum atomic E-state index is 12.5. The third-order valence-electron chi connectivity index (χ3n) is 3.33. The lowest BCUT2D eigenvalue weighted by Gasteiger charge is -2.10. The summed E-state index contributed by atoms with van der Waals surface area (Å²) < 4.78 is 29.1. The van der Waals surface area contributed by atoms with Crippen molar-refractivity contribution in [3.63, 3.8) is 0 Å². The third kappa shape index (κ3) is 3.25. The molecule has 21 heavy (non-hydrogen) atoms. The van der Waals surface area contributed by atoms with E-state index in [2.05, 4.69) is 9.82 Å². The molecule has 2 aromatic rings. The van der Waals surface area contributed by atoms with Gasteiger partial charge in [-0.1, -0.05) is 13.0 Å². The van der Waals surface area contributed by atoms with Crippen LogP contribution in [0.25, 0.3) is 0 Å². The summed E-state index contributed by atoms with van der Waals surface area (Å²) in [5.41, 5.74) is 8.63. The summed E-state index contributed by atoms with van der Waals surface area (Å²) in [6.07, 6.45) is 2.32. The molecule has 0 aliphatic heterocycles. The average Bonchev–Trinajstić information content (AvgIpc) is 2.77. The molecule has 2 rings (SSSR count). The van der Waals surface area contributed by atoms with Gasteiger partial charge in [0.1, 0.15) is 0 Å². The van der Waals surface area contributed by atoms with Gasteiger partial charge in [-0.25, -0.2) is 8.42 Å². The van der Waals surface area contributed by atoms with Gasteiger partial charge in [0.15, 0.2) is 0 Å². The number of anilines is 1. The SMILES string of the molecule is CCc1nn(C)cc1NS(=O)(=O)c1ccc(CN)c(C)c1. The molecule has 0 bridgehead atoms. The van der Waals surface area contributed by atoms with Crippen molar-refractivity contribution < 1.29 is 8.42 Å². The Labute approximate surface area is 125 Å². The van der Waals surface area contributed by atoms with Gasteiger partial charge in [0.05, 0.1) is 16.3 Å². The van der Waals surface area contributed by atoms with Crippen molar-refractivity contribution in [3.05, 3.63) is 41.2 Å². The van der Waals surface area contributed by atoms with Crippen LogP contribution in [-0.2, 0) is 30.0 Å². The Morgan fingerprint density at radius 3 is 2.67 bits per heavy atom. The van der Waals surface area contributed by atoms with Crippen molar-refractivity contribution in [1.82, 2.24) is 9.78 Å². The van der Waals surface area contributed by atoms with Crippen molar-refractivity contribution in [2.24, 2.45) is 12.8 Å². The van der Waals surface area contributed by atoms with E-state index in [1.54, 1.807) is 36.1 Å². The van der Waals surface area contributed by atoms with E-state index < -0.39 is 10.0 Å². The van der Waals surface area contributed by atoms with Gasteiger partial charge in [0.2, 0.25) is 0 Å². The molecule has 0 saturated heterocycles. The molecule has 1 aromatic heterocycles. The monoisotopic (exact) mass is 308 g/mol. The lowest BCUT2D eigenvalue weighted by atomic mass is 10.1. The number of sulfonamides is 1. The van der Waals surface area contributed by atoms with Crippen molar-refractivity contribution >= 4 is 15.7 Å². The minimum atomic E-state index is -3.62. The molecule has 0 saturated carbocycles. The summed E-state index contributed by atoms with van der Waals surface area (Å²) >= 11 is 0. The van der Waals surface area contributed by atoms with Crippen LogP contribution in [0.15, 0.2) is 29.3 Å². The van der Waals surface area contributed by atoms with Crippen LogP contribution in [0.4, 0.5) is 5.69 Å². The van der Waals surface area contributed by atoms with Crippen LogP contribution < -0.4 is 10.5 Å². The quantitative estimate of drug-likeness (QED) is 0.877. The van der Waals surface area contributed by atoms with Crippen molar-refractivity contribution in [1.29, 1.82) is 0 Å². The number of nitrogens with zero attached hydrogens (tertiary/aromatic N) is 2. The van der Waals surface area contributed by atoms with Gasteiger partial charge in [0, 0.05) is 19.8 Å². The molecule has 0 spiro atoms. The number of hydrogen-bond acceptors (Lipinski definition) is 4. The Kier molecular flexibility index (Phi) is 4.34. The zero-order valence-corrected chi connectivity index (χ0v) is 13.2. The molecule has 1 heterocycles. The number of nitrogens with two attached hydrogens (primary N) is 1. The molecule has 0 amide bonds. The fourth-order valence-corrected chi connectivity index (χ4v) is 3.31. The molecule has 0 aliphatic rings. The first kappa shape index (κ1) is 15.5. The van der Waals surface area contributed by atoms with Crippen molar-refractivity contribution in [2.75, 3.05) is 4.72 Å². The molecule has 0 fully saturated rings. The van der Waals surface area contributed by atoms with Crippen LogP contribution in [0, 0.1) is 6.92 Å². The fraction of sp³-hybridized carbons (Fsp3) is 0.357. The lowest BCUT2D eigenvalue weighted by molar-refractivity contribution is 0.601. The highest BCUT2D eigenvalue weighted by molar-refractivity contribution is 7.92. The topological polar surface area (TPSA) is 90.0 Å². The van der Waals surface area contributed by atoms with E-state index in [-0.39, 0.29) is 4.90 Å². The van der Waals surface area contributed by atoms with E-state index in [4.69, 9.17) is 5.73 Å². The Bertz CT molecular complexity index is 750. The van der Waals surface area contributed by atoms with Gasteiger partial charge in [-0.15, -0.1) is 0 Å². The first-order chi connectivity index (χ1) is 9.87. The second-order valence-electron chi connectivity index (χ2n) is 4.91. The van der Waals surface area contributed by atoms with Crippen LogP contribution in [0.2, 0.25) is 0 Å². The molecular formula is C14H20N4O2S. The molecule has 1 aromatic carbocycles. The molecule has 6 nitrogen and oxygen atoms in total. The maximum Gasteiger partial charge on any atom is 0.262 e. The summed E-state index contributed by atoms with van der Waals surface area (Å²) in [4.78, 5) is 0.225.